The molecule has 0 aromatic carbocycles. The normalized spacial score (nSPS) is 27.1. The molecule has 0 spiro atoms. The number of aliphatic hydroxyl groups excluding tert-OH is 1. The fraction of sp³-hybridized carbons (Fsp3) is 0.696. The summed E-state index contributed by atoms with van der Waals surface area (Å²) < 4.78 is 1.79. The Kier molecular flexibility index (Phi) is 5.38. The molecule has 1 aromatic heterocycles. The molecule has 2 N–H and O–H groups in total. The van der Waals surface area contributed by atoms with Crippen LogP contribution >= 0.6 is 0 Å². The molecule has 31 heavy (non-hydrogen) atoms. The summed E-state index contributed by atoms with van der Waals surface area (Å²) in [5.41, 5.74) is 0.333. The van der Waals surface area contributed by atoms with Crippen LogP contribution in [0.5, 0.6) is 0 Å². The number of carbonyl (C=O) groups is 2. The lowest BCUT2D eigenvalue weighted by Gasteiger charge is -2.48. The molecule has 5 rings (SSSR count). The van der Waals surface area contributed by atoms with Crippen molar-refractivity contribution in [2.75, 3.05) is 45.9 Å². The average Bonchev–Trinajstić information content (AvgIpc) is 3.03. The number of pyridine rings is 1. The van der Waals surface area contributed by atoms with Crippen LogP contribution in [0, 0.1) is 11.3 Å². The summed E-state index contributed by atoms with van der Waals surface area (Å²) in [6.07, 6.45) is 5.22. The van der Waals surface area contributed by atoms with Crippen LogP contribution < -0.4 is 10.9 Å². The molecule has 5 heterocycles. The van der Waals surface area contributed by atoms with Crippen molar-refractivity contribution in [1.82, 2.24) is 19.7 Å². The van der Waals surface area contributed by atoms with E-state index in [0.717, 1.165) is 50.9 Å². The summed E-state index contributed by atoms with van der Waals surface area (Å²) >= 11 is 0. The zero-order valence-electron chi connectivity index (χ0n) is 18.0. The fourth-order valence-electron chi connectivity index (χ4n) is 5.81. The molecule has 0 saturated carbocycles. The maximum atomic E-state index is 13.3. The van der Waals surface area contributed by atoms with Crippen LogP contribution in [0.2, 0.25) is 0 Å². The number of hydrogen-bond donors (Lipinski definition) is 2. The summed E-state index contributed by atoms with van der Waals surface area (Å²) in [5, 5.41) is 12.9. The Bertz CT molecular complexity index is 924. The topological polar surface area (TPSA) is 94.9 Å². The van der Waals surface area contributed by atoms with E-state index in [9.17, 15) is 19.5 Å². The molecule has 0 aliphatic carbocycles. The van der Waals surface area contributed by atoms with Crippen molar-refractivity contribution in [2.45, 2.75) is 44.6 Å². The van der Waals surface area contributed by atoms with Crippen molar-refractivity contribution < 1.29 is 14.7 Å². The van der Waals surface area contributed by atoms with Gasteiger partial charge in [-0.25, -0.2) is 0 Å². The van der Waals surface area contributed by atoms with Crippen molar-refractivity contribution in [2.24, 2.45) is 11.3 Å². The summed E-state index contributed by atoms with van der Waals surface area (Å²) in [4.78, 5) is 43.2. The minimum absolute atomic E-state index is 0.0206. The lowest BCUT2D eigenvalue weighted by Crippen LogP contribution is -2.65. The molecule has 3 saturated heterocycles. The Balaban J connectivity index is 1.38. The second-order valence-electron chi connectivity index (χ2n) is 9.84. The molecule has 3 fully saturated rings. The molecule has 0 radical (unpaired) electrons. The summed E-state index contributed by atoms with van der Waals surface area (Å²) in [7, 11) is 0. The first-order valence-corrected chi connectivity index (χ1v) is 11.7. The van der Waals surface area contributed by atoms with Gasteiger partial charge in [0, 0.05) is 57.4 Å². The minimum atomic E-state index is -0.686. The standard InChI is InChI=1S/C23H32N4O4/c28-15-23(13-24-14-23)22(31)26-10-16-9-17(12-26)19-6-5-18(21(30)27(19)11-16)20(29)25-7-3-1-2-4-8-25/h5-6,16-17,24,28H,1-4,7-15H2/t16-,17+/m0/s1. The maximum Gasteiger partial charge on any atom is 0.263 e. The number of amides is 2. The molecule has 2 atom stereocenters. The largest absolute Gasteiger partial charge is 0.395 e. The van der Waals surface area contributed by atoms with E-state index in [4.69, 9.17) is 0 Å². The van der Waals surface area contributed by atoms with Gasteiger partial charge in [0.1, 0.15) is 5.56 Å². The smallest absolute Gasteiger partial charge is 0.263 e. The van der Waals surface area contributed by atoms with Gasteiger partial charge in [0.05, 0.1) is 12.0 Å². The van der Waals surface area contributed by atoms with Crippen molar-refractivity contribution >= 4 is 11.8 Å². The van der Waals surface area contributed by atoms with E-state index in [-0.39, 0.29) is 41.4 Å². The van der Waals surface area contributed by atoms with Gasteiger partial charge in [-0.15, -0.1) is 0 Å². The predicted octanol–water partition coefficient (Wildman–Crippen LogP) is 0.392. The van der Waals surface area contributed by atoms with Crippen molar-refractivity contribution in [3.05, 3.63) is 33.7 Å². The van der Waals surface area contributed by atoms with Crippen molar-refractivity contribution in [1.29, 1.82) is 0 Å². The van der Waals surface area contributed by atoms with Gasteiger partial charge in [0.2, 0.25) is 5.91 Å². The molecule has 1 aromatic rings. The first-order valence-electron chi connectivity index (χ1n) is 11.7. The molecule has 8 heteroatoms. The predicted molar refractivity (Wildman–Crippen MR) is 115 cm³/mol. The second kappa shape index (κ2) is 8.06. The van der Waals surface area contributed by atoms with Crippen molar-refractivity contribution in [3.8, 4) is 0 Å². The zero-order chi connectivity index (χ0) is 21.6. The number of carbonyl (C=O) groups excluding carboxylic acids is 2. The molecule has 0 unspecified atom stereocenters. The number of likely N-dealkylation sites (tertiary alicyclic amines) is 2. The Morgan fingerprint density at radius 1 is 1.03 bits per heavy atom. The van der Waals surface area contributed by atoms with Crippen LogP contribution in [0.4, 0.5) is 0 Å². The molecular formula is C23H32N4O4. The van der Waals surface area contributed by atoms with Crippen LogP contribution in [-0.4, -0.2) is 77.2 Å². The van der Waals surface area contributed by atoms with Gasteiger partial charge < -0.3 is 24.8 Å². The first kappa shape index (κ1) is 20.7. The number of hydrogen-bond acceptors (Lipinski definition) is 5. The Hall–Kier alpha value is -2.19. The molecule has 2 amide bonds. The number of aromatic nitrogens is 1. The van der Waals surface area contributed by atoms with E-state index in [1.165, 1.54) is 0 Å². The Labute approximate surface area is 182 Å². The van der Waals surface area contributed by atoms with Gasteiger partial charge in [0.25, 0.3) is 11.5 Å². The number of fused-ring (bicyclic) bond motifs is 4. The van der Waals surface area contributed by atoms with Gasteiger partial charge >= 0.3 is 0 Å². The van der Waals surface area contributed by atoms with Crippen LogP contribution in [0.1, 0.15) is 54.1 Å². The molecule has 168 valence electrons. The Morgan fingerprint density at radius 2 is 1.77 bits per heavy atom. The van der Waals surface area contributed by atoms with Gasteiger partial charge in [-0.2, -0.15) is 0 Å². The van der Waals surface area contributed by atoms with Crippen LogP contribution in [0.3, 0.4) is 0 Å². The second-order valence-corrected chi connectivity index (χ2v) is 9.84. The average molecular weight is 429 g/mol. The van der Waals surface area contributed by atoms with E-state index >= 15 is 0 Å². The third kappa shape index (κ3) is 3.49. The summed E-state index contributed by atoms with van der Waals surface area (Å²) in [5.74, 6) is 0.166. The van der Waals surface area contributed by atoms with Crippen LogP contribution in [0.25, 0.3) is 0 Å². The van der Waals surface area contributed by atoms with E-state index in [0.29, 0.717) is 32.7 Å². The van der Waals surface area contributed by atoms with Gasteiger partial charge in [0.15, 0.2) is 0 Å². The summed E-state index contributed by atoms with van der Waals surface area (Å²) in [6.45, 7) is 4.07. The molecule has 4 aliphatic heterocycles. The highest BCUT2D eigenvalue weighted by Gasteiger charge is 2.48. The van der Waals surface area contributed by atoms with Crippen molar-refractivity contribution in [3.63, 3.8) is 0 Å². The van der Waals surface area contributed by atoms with Gasteiger partial charge in [-0.1, -0.05) is 12.8 Å². The van der Waals surface area contributed by atoms with Crippen LogP contribution in [-0.2, 0) is 11.3 Å². The highest BCUT2D eigenvalue weighted by molar-refractivity contribution is 5.94. The number of aliphatic hydroxyl groups is 1. The number of nitrogens with zero attached hydrogens (tertiary/aromatic N) is 3. The highest BCUT2D eigenvalue weighted by Crippen LogP contribution is 2.37. The lowest BCUT2D eigenvalue weighted by molar-refractivity contribution is -0.151. The van der Waals surface area contributed by atoms with Gasteiger partial charge in [-0.3, -0.25) is 14.4 Å². The number of rotatable bonds is 3. The molecule has 2 bridgehead atoms. The monoisotopic (exact) mass is 428 g/mol. The van der Waals surface area contributed by atoms with Gasteiger partial charge in [-0.05, 0) is 37.3 Å². The highest BCUT2D eigenvalue weighted by atomic mass is 16.3. The van der Waals surface area contributed by atoms with E-state index in [2.05, 4.69) is 5.32 Å². The fourth-order valence-corrected chi connectivity index (χ4v) is 5.81. The first-order chi connectivity index (χ1) is 15.0. The van der Waals surface area contributed by atoms with E-state index in [1.807, 2.05) is 15.9 Å². The molecule has 8 nitrogen and oxygen atoms in total. The molecular weight excluding hydrogens is 396 g/mol. The SMILES string of the molecule is O=C(c1ccc2n(c1=O)C[C@H]1C[C@@H]2CN(C(=O)C2(CO)CNC2)C1)N1CCCCCC1. The van der Waals surface area contributed by atoms with E-state index < -0.39 is 5.41 Å². The quantitative estimate of drug-likeness (QED) is 0.727. The minimum Gasteiger partial charge on any atom is -0.395 e. The number of nitrogens with one attached hydrogen (secondary N) is 1. The molecule has 4 aliphatic rings. The maximum absolute atomic E-state index is 13.3. The third-order valence-electron chi connectivity index (χ3n) is 7.70. The summed E-state index contributed by atoms with van der Waals surface area (Å²) in [6, 6.07) is 3.63. The number of piperidine rings is 1. The Morgan fingerprint density at radius 3 is 2.42 bits per heavy atom. The van der Waals surface area contributed by atoms with E-state index in [1.54, 1.807) is 10.6 Å². The van der Waals surface area contributed by atoms with Crippen LogP contribution in [0.15, 0.2) is 16.9 Å². The lowest BCUT2D eigenvalue weighted by atomic mass is 9.78. The zero-order valence-corrected chi connectivity index (χ0v) is 18.0. The third-order valence-corrected chi connectivity index (χ3v) is 7.70.